The minimum Gasteiger partial charge on any atom is -0.207 e. The molecule has 1 aliphatic heterocycles. The molecule has 0 amide bonds. The summed E-state index contributed by atoms with van der Waals surface area (Å²) in [5.74, 6) is 2.95. The van der Waals surface area contributed by atoms with Crippen LogP contribution in [0.5, 0.6) is 0 Å². The highest BCUT2D eigenvalue weighted by atomic mass is 31.1. The first-order valence-corrected chi connectivity index (χ1v) is 11.8. The summed E-state index contributed by atoms with van der Waals surface area (Å²) in [7, 11) is -0.122. The van der Waals surface area contributed by atoms with E-state index in [9.17, 15) is 4.39 Å². The monoisotopic (exact) mass is 390 g/mol. The van der Waals surface area contributed by atoms with E-state index in [-0.39, 0.29) is 19.2 Å². The van der Waals surface area contributed by atoms with Crippen LogP contribution >= 0.6 is 7.92 Å². The summed E-state index contributed by atoms with van der Waals surface area (Å²) in [5, 5.41) is 0. The van der Waals surface area contributed by atoms with Crippen molar-refractivity contribution in [1.29, 1.82) is 0 Å². The van der Waals surface area contributed by atoms with E-state index in [1.54, 1.807) is 12.1 Å². The van der Waals surface area contributed by atoms with Gasteiger partial charge in [0.25, 0.3) is 0 Å². The first-order valence-electron chi connectivity index (χ1n) is 10.0. The van der Waals surface area contributed by atoms with Gasteiger partial charge in [0.15, 0.2) is 0 Å². The van der Waals surface area contributed by atoms with E-state index in [1.807, 2.05) is 6.07 Å². The maximum Gasteiger partial charge on any atom is 0.127 e. The van der Waals surface area contributed by atoms with Crippen molar-refractivity contribution in [3.8, 4) is 0 Å². The van der Waals surface area contributed by atoms with Gasteiger partial charge in [-0.15, -0.1) is 0 Å². The Hall–Kier alpha value is -1.98. The quantitative estimate of drug-likeness (QED) is 0.366. The number of fused-ring (bicyclic) bond motifs is 2. The van der Waals surface area contributed by atoms with Crippen molar-refractivity contribution in [1.82, 2.24) is 0 Å². The lowest BCUT2D eigenvalue weighted by Crippen LogP contribution is -2.28. The number of rotatable bonds is 2. The first-order chi connectivity index (χ1) is 13.3. The second-order valence-corrected chi connectivity index (χ2v) is 10.9. The molecule has 0 saturated carbocycles. The molecule has 0 radical (unpaired) electrons. The largest absolute Gasteiger partial charge is 0.207 e. The molecule has 2 aromatic carbocycles. The zero-order chi connectivity index (χ0) is 20.1. The van der Waals surface area contributed by atoms with Gasteiger partial charge >= 0.3 is 0 Å². The van der Waals surface area contributed by atoms with Crippen molar-refractivity contribution >= 4 is 19.6 Å². The fourth-order valence-electron chi connectivity index (χ4n) is 4.89. The molecule has 1 heterocycles. The van der Waals surface area contributed by atoms with E-state index in [0.717, 1.165) is 22.3 Å². The van der Waals surface area contributed by atoms with E-state index in [0.29, 0.717) is 5.92 Å². The van der Waals surface area contributed by atoms with Crippen LogP contribution in [0.1, 0.15) is 55.5 Å². The van der Waals surface area contributed by atoms with Crippen molar-refractivity contribution in [2.75, 3.05) is 12.3 Å². The van der Waals surface area contributed by atoms with Crippen molar-refractivity contribution in [3.05, 3.63) is 94.1 Å². The Labute approximate surface area is 169 Å². The van der Waals surface area contributed by atoms with Gasteiger partial charge in [0, 0.05) is 11.0 Å². The third kappa shape index (κ3) is 3.20. The lowest BCUT2D eigenvalue weighted by Gasteiger charge is -2.37. The highest BCUT2D eigenvalue weighted by molar-refractivity contribution is 7.61. The fraction of sp³-hybridized carbons (Fsp3) is 0.308. The molecule has 0 saturated heterocycles. The summed E-state index contributed by atoms with van der Waals surface area (Å²) in [4.78, 5) is 0. The van der Waals surface area contributed by atoms with Crippen molar-refractivity contribution in [3.63, 3.8) is 0 Å². The highest BCUT2D eigenvalue weighted by Crippen LogP contribution is 2.49. The smallest absolute Gasteiger partial charge is 0.127 e. The predicted molar refractivity (Wildman–Crippen MR) is 122 cm³/mol. The van der Waals surface area contributed by atoms with E-state index in [1.165, 1.54) is 29.0 Å². The van der Waals surface area contributed by atoms with Crippen LogP contribution in [-0.4, -0.2) is 12.3 Å². The van der Waals surface area contributed by atoms with Gasteiger partial charge in [-0.1, -0.05) is 89.1 Å². The molecular weight excluding hydrogens is 362 g/mol. The summed E-state index contributed by atoms with van der Waals surface area (Å²) in [6.45, 7) is 13.2. The molecular formula is C26H28FP. The molecule has 2 aliphatic rings. The lowest BCUT2D eigenvalue weighted by atomic mass is 9.66. The van der Waals surface area contributed by atoms with Crippen molar-refractivity contribution < 1.29 is 4.39 Å². The van der Waals surface area contributed by atoms with Crippen molar-refractivity contribution in [2.45, 2.75) is 33.1 Å². The Morgan fingerprint density at radius 3 is 2.68 bits per heavy atom. The molecule has 0 fully saturated rings. The van der Waals surface area contributed by atoms with Gasteiger partial charge in [-0.25, -0.2) is 4.39 Å². The van der Waals surface area contributed by atoms with Crippen LogP contribution in [0.3, 0.4) is 0 Å². The molecule has 0 aromatic heterocycles. The number of hydrogen-bond donors (Lipinski definition) is 0. The average Bonchev–Trinajstić information content (AvgIpc) is 2.63. The molecule has 28 heavy (non-hydrogen) atoms. The Morgan fingerprint density at radius 1 is 1.18 bits per heavy atom. The predicted octanol–water partition coefficient (Wildman–Crippen LogP) is 7.58. The van der Waals surface area contributed by atoms with E-state index in [2.05, 4.69) is 70.4 Å². The first kappa shape index (κ1) is 19.3. The molecule has 2 unspecified atom stereocenters. The third-order valence-corrected chi connectivity index (χ3v) is 8.57. The second-order valence-electron chi connectivity index (χ2n) is 8.77. The van der Waals surface area contributed by atoms with E-state index < -0.39 is 0 Å². The lowest BCUT2D eigenvalue weighted by molar-refractivity contribution is 0.542. The maximum absolute atomic E-state index is 14.7. The van der Waals surface area contributed by atoms with Crippen LogP contribution in [-0.2, 0) is 5.41 Å². The Balaban J connectivity index is 1.78. The average molecular weight is 390 g/mol. The van der Waals surface area contributed by atoms with Crippen LogP contribution in [0.25, 0.3) is 11.6 Å². The van der Waals surface area contributed by atoms with Gasteiger partial charge < -0.3 is 0 Å². The molecule has 4 rings (SSSR count). The van der Waals surface area contributed by atoms with Gasteiger partial charge in [0.05, 0.1) is 0 Å². The van der Waals surface area contributed by atoms with Gasteiger partial charge in [0.1, 0.15) is 5.82 Å². The number of benzene rings is 2. The van der Waals surface area contributed by atoms with E-state index in [4.69, 9.17) is 0 Å². The number of halogens is 1. The highest BCUT2D eigenvalue weighted by Gasteiger charge is 2.37. The fourth-order valence-corrected chi connectivity index (χ4v) is 7.21. The topological polar surface area (TPSA) is 0 Å². The zero-order valence-electron chi connectivity index (χ0n) is 17.2. The van der Waals surface area contributed by atoms with Crippen molar-refractivity contribution in [2.24, 2.45) is 5.92 Å². The Kier molecular flexibility index (Phi) is 4.92. The Morgan fingerprint density at radius 2 is 1.93 bits per heavy atom. The molecule has 2 aromatic rings. The normalized spacial score (nSPS) is 23.3. The minimum absolute atomic E-state index is 0.122. The molecule has 1 aliphatic carbocycles. The van der Waals surface area contributed by atoms with Gasteiger partial charge in [-0.2, -0.15) is 0 Å². The maximum atomic E-state index is 14.7. The summed E-state index contributed by atoms with van der Waals surface area (Å²) in [6.07, 6.45) is 7.17. The summed E-state index contributed by atoms with van der Waals surface area (Å²) < 4.78 is 14.7. The van der Waals surface area contributed by atoms with Crippen LogP contribution < -0.4 is 0 Å². The molecule has 0 N–H and O–H groups in total. The number of hydrogen-bond acceptors (Lipinski definition) is 0. The van der Waals surface area contributed by atoms with Gasteiger partial charge in [-0.3, -0.25) is 0 Å². The molecule has 144 valence electrons. The molecule has 0 spiro atoms. The minimum atomic E-state index is -0.384. The Bertz CT molecular complexity index is 1010. The standard InChI is InChI=1S/C26H28FP/c1-17-14-18(2)16-28(15-17)13-12-20-8-6-10-22-24(20)19(3)21-9-7-11-23(27)25(21)26(22,4)5/h6-14,17H,3,15-16H2,1-2,4-5H3/b13-12-. The molecule has 0 bridgehead atoms. The van der Waals surface area contributed by atoms with Crippen LogP contribution in [0.15, 0.2) is 60.4 Å². The van der Waals surface area contributed by atoms with Gasteiger partial charge in [0.2, 0.25) is 0 Å². The zero-order valence-corrected chi connectivity index (χ0v) is 18.1. The number of allylic oxidation sites excluding steroid dienone is 2. The molecule has 2 atom stereocenters. The summed E-state index contributed by atoms with van der Waals surface area (Å²) in [6, 6.07) is 11.8. The SMILES string of the molecule is C=C1c2cccc(F)c2C(C)(C)c2cccc(/C=C\P3CC(C)=CC(C)C3)c21. The summed E-state index contributed by atoms with van der Waals surface area (Å²) >= 11 is 0. The molecule has 2 heteroatoms. The molecule has 0 nitrogen and oxygen atoms in total. The van der Waals surface area contributed by atoms with Crippen LogP contribution in [0.2, 0.25) is 0 Å². The third-order valence-electron chi connectivity index (χ3n) is 6.04. The van der Waals surface area contributed by atoms with Gasteiger partial charge in [-0.05, 0) is 59.1 Å². The van der Waals surface area contributed by atoms with Crippen LogP contribution in [0, 0.1) is 11.7 Å². The second kappa shape index (κ2) is 7.12. The van der Waals surface area contributed by atoms with Crippen LogP contribution in [0.4, 0.5) is 4.39 Å². The van der Waals surface area contributed by atoms with E-state index >= 15 is 0 Å². The summed E-state index contributed by atoms with van der Waals surface area (Å²) in [5.41, 5.74) is 7.31.